The van der Waals surface area contributed by atoms with Gasteiger partial charge >= 0.3 is 11.9 Å². The highest BCUT2D eigenvalue weighted by molar-refractivity contribution is 5.86. The lowest BCUT2D eigenvalue weighted by atomic mass is 10.1. The second-order valence-electron chi connectivity index (χ2n) is 8.91. The van der Waals surface area contributed by atoms with Gasteiger partial charge in [0.1, 0.15) is 18.1 Å². The molecule has 2 aromatic carbocycles. The molecule has 0 heterocycles. The van der Waals surface area contributed by atoms with Crippen LogP contribution in [0.4, 0.5) is 0 Å². The molecule has 0 radical (unpaired) electrons. The summed E-state index contributed by atoms with van der Waals surface area (Å²) in [6.07, 6.45) is 2.60. The Balaban J connectivity index is 1.56. The van der Waals surface area contributed by atoms with Gasteiger partial charge in [-0.05, 0) is 69.4 Å². The van der Waals surface area contributed by atoms with Gasteiger partial charge in [-0.1, -0.05) is 36.9 Å². The van der Waals surface area contributed by atoms with Crippen molar-refractivity contribution in [2.45, 2.75) is 52.1 Å². The van der Waals surface area contributed by atoms with Crippen molar-refractivity contribution < 1.29 is 38.0 Å². The minimum atomic E-state index is -0.476. The van der Waals surface area contributed by atoms with Gasteiger partial charge in [0.05, 0.1) is 26.4 Å². The SMILES string of the molecule is C=C(C)C(=O)OCCCCC(=O)OC(COCCCCOCCOc1ccc(OCC)cc1)c1ccccc1. The molecule has 8 nitrogen and oxygen atoms in total. The van der Waals surface area contributed by atoms with Crippen LogP contribution >= 0.6 is 0 Å². The first kappa shape index (κ1) is 31.9. The fourth-order valence-corrected chi connectivity index (χ4v) is 3.46. The van der Waals surface area contributed by atoms with Gasteiger partial charge in [0.25, 0.3) is 0 Å². The Hall–Kier alpha value is -3.36. The highest BCUT2D eigenvalue weighted by atomic mass is 16.6. The number of benzene rings is 2. The quantitative estimate of drug-likeness (QED) is 0.110. The Morgan fingerprint density at radius 2 is 1.41 bits per heavy atom. The molecule has 0 aromatic heterocycles. The van der Waals surface area contributed by atoms with E-state index in [2.05, 4.69) is 6.58 Å². The molecule has 1 unspecified atom stereocenters. The smallest absolute Gasteiger partial charge is 0.333 e. The Bertz CT molecular complexity index is 958. The van der Waals surface area contributed by atoms with E-state index in [1.54, 1.807) is 6.92 Å². The van der Waals surface area contributed by atoms with Crippen molar-refractivity contribution in [2.24, 2.45) is 0 Å². The van der Waals surface area contributed by atoms with E-state index in [1.807, 2.05) is 61.5 Å². The third kappa shape index (κ3) is 14.4. The molecule has 8 heteroatoms. The van der Waals surface area contributed by atoms with Gasteiger partial charge in [-0.3, -0.25) is 4.79 Å². The van der Waals surface area contributed by atoms with Crippen LogP contribution in [0.3, 0.4) is 0 Å². The van der Waals surface area contributed by atoms with Crippen LogP contribution in [0.5, 0.6) is 11.5 Å². The van der Waals surface area contributed by atoms with Gasteiger partial charge in [-0.15, -0.1) is 0 Å². The van der Waals surface area contributed by atoms with Gasteiger partial charge < -0.3 is 28.4 Å². The first-order valence-electron chi connectivity index (χ1n) is 13.6. The molecule has 0 spiro atoms. The van der Waals surface area contributed by atoms with Crippen molar-refractivity contribution >= 4 is 11.9 Å². The number of ether oxygens (including phenoxy) is 6. The lowest BCUT2D eigenvalue weighted by Crippen LogP contribution is -2.17. The van der Waals surface area contributed by atoms with Crippen LogP contribution < -0.4 is 9.47 Å². The summed E-state index contributed by atoms with van der Waals surface area (Å²) in [6, 6.07) is 17.1. The van der Waals surface area contributed by atoms with Gasteiger partial charge in [-0.2, -0.15) is 0 Å². The van der Waals surface area contributed by atoms with E-state index in [-0.39, 0.29) is 25.6 Å². The van der Waals surface area contributed by atoms with Gasteiger partial charge in [0.2, 0.25) is 0 Å². The average molecular weight is 543 g/mol. The number of hydrogen-bond donors (Lipinski definition) is 0. The largest absolute Gasteiger partial charge is 0.494 e. The molecule has 0 N–H and O–H groups in total. The molecule has 0 saturated carbocycles. The second kappa shape index (κ2) is 19.7. The van der Waals surface area contributed by atoms with Crippen LogP contribution in [-0.2, 0) is 28.5 Å². The number of esters is 2. The summed E-state index contributed by atoms with van der Waals surface area (Å²) in [6.45, 7) is 10.4. The zero-order valence-corrected chi connectivity index (χ0v) is 23.2. The van der Waals surface area contributed by atoms with E-state index >= 15 is 0 Å². The highest BCUT2D eigenvalue weighted by Gasteiger charge is 2.17. The minimum Gasteiger partial charge on any atom is -0.494 e. The predicted molar refractivity (Wildman–Crippen MR) is 149 cm³/mol. The molecular formula is C31H42O8. The molecule has 39 heavy (non-hydrogen) atoms. The molecule has 0 saturated heterocycles. The Kier molecular flexibility index (Phi) is 16.1. The van der Waals surface area contributed by atoms with Crippen LogP contribution in [0.15, 0.2) is 66.7 Å². The van der Waals surface area contributed by atoms with Crippen LogP contribution in [0, 0.1) is 0 Å². The minimum absolute atomic E-state index is 0.244. The number of unbranched alkanes of at least 4 members (excludes halogenated alkanes) is 2. The van der Waals surface area contributed by atoms with Crippen molar-refractivity contribution in [2.75, 3.05) is 46.2 Å². The summed E-state index contributed by atoms with van der Waals surface area (Å²) in [4.78, 5) is 23.8. The maximum absolute atomic E-state index is 12.4. The molecule has 2 rings (SSSR count). The first-order valence-corrected chi connectivity index (χ1v) is 13.6. The standard InChI is InChI=1S/C31H42O8/c1-4-36-27-15-17-28(18-16-27)37-23-22-34-19-10-11-20-35-24-29(26-12-6-5-7-13-26)39-30(32)14-8-9-21-38-31(33)25(2)3/h5-7,12-13,15-18,29H,2,4,8-11,14,19-24H2,1,3H3. The first-order chi connectivity index (χ1) is 19.0. The molecule has 214 valence electrons. The number of carbonyl (C=O) groups is 2. The lowest BCUT2D eigenvalue weighted by molar-refractivity contribution is -0.153. The molecule has 0 aliphatic heterocycles. The van der Waals surface area contributed by atoms with Crippen molar-refractivity contribution in [3.05, 3.63) is 72.3 Å². The van der Waals surface area contributed by atoms with Crippen molar-refractivity contribution in [3.8, 4) is 11.5 Å². The molecule has 0 aliphatic carbocycles. The fraction of sp³-hybridized carbons (Fsp3) is 0.484. The van der Waals surface area contributed by atoms with E-state index in [1.165, 1.54) is 0 Å². The Morgan fingerprint density at radius 3 is 2.08 bits per heavy atom. The molecule has 0 fully saturated rings. The summed E-state index contributed by atoms with van der Waals surface area (Å²) in [5.74, 6) is 0.888. The van der Waals surface area contributed by atoms with Gasteiger partial charge in [0.15, 0.2) is 6.10 Å². The highest BCUT2D eigenvalue weighted by Crippen LogP contribution is 2.20. The van der Waals surface area contributed by atoms with Crippen LogP contribution in [-0.4, -0.2) is 58.2 Å². The zero-order chi connectivity index (χ0) is 28.1. The van der Waals surface area contributed by atoms with Crippen molar-refractivity contribution in [1.29, 1.82) is 0 Å². The summed E-state index contributed by atoms with van der Waals surface area (Å²) in [5, 5.41) is 0. The molecule has 0 amide bonds. The maximum Gasteiger partial charge on any atom is 0.333 e. The third-order valence-corrected chi connectivity index (χ3v) is 5.53. The molecule has 0 aliphatic rings. The molecular weight excluding hydrogens is 500 g/mol. The van der Waals surface area contributed by atoms with Crippen molar-refractivity contribution in [1.82, 2.24) is 0 Å². The van der Waals surface area contributed by atoms with Crippen LogP contribution in [0.2, 0.25) is 0 Å². The monoisotopic (exact) mass is 542 g/mol. The fourth-order valence-electron chi connectivity index (χ4n) is 3.46. The van der Waals surface area contributed by atoms with Gasteiger partial charge in [0, 0.05) is 25.2 Å². The number of hydrogen-bond acceptors (Lipinski definition) is 8. The summed E-state index contributed by atoms with van der Waals surface area (Å²) < 4.78 is 33.3. The predicted octanol–water partition coefficient (Wildman–Crippen LogP) is 5.85. The van der Waals surface area contributed by atoms with Crippen LogP contribution in [0.25, 0.3) is 0 Å². The average Bonchev–Trinajstić information content (AvgIpc) is 2.94. The summed E-state index contributed by atoms with van der Waals surface area (Å²) >= 11 is 0. The maximum atomic E-state index is 12.4. The molecule has 2 aromatic rings. The number of rotatable bonds is 21. The molecule has 0 bridgehead atoms. The van der Waals surface area contributed by atoms with Crippen molar-refractivity contribution in [3.63, 3.8) is 0 Å². The summed E-state index contributed by atoms with van der Waals surface area (Å²) in [5.41, 5.74) is 1.25. The molecule has 1 atom stereocenters. The zero-order valence-electron chi connectivity index (χ0n) is 23.2. The van der Waals surface area contributed by atoms with Gasteiger partial charge in [-0.25, -0.2) is 4.79 Å². The lowest BCUT2D eigenvalue weighted by Gasteiger charge is -2.18. The number of carbonyl (C=O) groups excluding carboxylic acids is 2. The third-order valence-electron chi connectivity index (χ3n) is 5.53. The Morgan fingerprint density at radius 1 is 0.769 bits per heavy atom. The topological polar surface area (TPSA) is 89.5 Å². The second-order valence-corrected chi connectivity index (χ2v) is 8.91. The normalized spacial score (nSPS) is 11.4. The van der Waals surface area contributed by atoms with Crippen LogP contribution in [0.1, 0.15) is 57.6 Å². The van der Waals surface area contributed by atoms with E-state index in [0.717, 1.165) is 29.9 Å². The van der Waals surface area contributed by atoms with E-state index < -0.39 is 12.1 Å². The van der Waals surface area contributed by atoms with E-state index in [9.17, 15) is 9.59 Å². The van der Waals surface area contributed by atoms with E-state index in [4.69, 9.17) is 28.4 Å². The van der Waals surface area contributed by atoms with E-state index in [0.29, 0.717) is 51.4 Å². The Labute approximate surface area is 232 Å². The summed E-state index contributed by atoms with van der Waals surface area (Å²) in [7, 11) is 0.